The Morgan fingerprint density at radius 2 is 0.411 bits per heavy atom. The summed E-state index contributed by atoms with van der Waals surface area (Å²) in [6.07, 6.45) is 46.5. The van der Waals surface area contributed by atoms with E-state index in [0.29, 0.717) is 32.7 Å². The van der Waals surface area contributed by atoms with E-state index < -0.39 is 11.9 Å². The van der Waals surface area contributed by atoms with Gasteiger partial charge >= 0.3 is 11.9 Å². The molecule has 0 aliphatic heterocycles. The zero-order valence-electron chi connectivity index (χ0n) is 38.5. The first-order valence-electron chi connectivity index (χ1n) is 24.0. The van der Waals surface area contributed by atoms with Crippen LogP contribution < -0.4 is 0 Å². The van der Waals surface area contributed by atoms with Crippen molar-refractivity contribution in [1.29, 1.82) is 0 Å². The van der Waals surface area contributed by atoms with Crippen molar-refractivity contribution >= 4 is 11.9 Å². The summed E-state index contributed by atoms with van der Waals surface area (Å²) in [6.45, 7) is 11.7. The standard InChI is InChI=1S/2C18H36O2.3C4H10O.V/c2*1-2-3-4-5-6-7-8-9-10-11-12-13-14-15-16-17-18(19)20;3*1-2-3-4-5;/h2*2-17H2,1H3,(H,19,20);3*5H,2-4H2,1H3;. The molecule has 0 fully saturated rings. The molecule has 0 rings (SSSR count). The number of aliphatic carboxylic acids is 2. The van der Waals surface area contributed by atoms with Gasteiger partial charge in [0, 0.05) is 51.2 Å². The zero-order valence-corrected chi connectivity index (χ0v) is 39.9. The first-order chi connectivity index (χ1) is 26.8. The molecule has 0 spiro atoms. The van der Waals surface area contributed by atoms with Gasteiger partial charge in [0.15, 0.2) is 0 Å². The second-order valence-electron chi connectivity index (χ2n) is 15.4. The number of aliphatic hydroxyl groups is 3. The van der Waals surface area contributed by atoms with Crippen LogP contribution in [-0.4, -0.2) is 57.3 Å². The molecule has 0 atom stereocenters. The number of hydrogen-bond acceptors (Lipinski definition) is 5. The maximum Gasteiger partial charge on any atom is 0.303 e. The van der Waals surface area contributed by atoms with Crippen LogP contribution >= 0.6 is 0 Å². The van der Waals surface area contributed by atoms with E-state index in [2.05, 4.69) is 34.6 Å². The smallest absolute Gasteiger partial charge is 0.303 e. The monoisotopic (exact) mass is 842 g/mol. The van der Waals surface area contributed by atoms with Crippen LogP contribution in [0.1, 0.15) is 279 Å². The van der Waals surface area contributed by atoms with E-state index in [-0.39, 0.29) is 18.6 Å². The molecule has 0 saturated carbocycles. The van der Waals surface area contributed by atoms with Crippen LogP contribution in [0.3, 0.4) is 0 Å². The number of carboxylic acids is 2. The summed E-state index contributed by atoms with van der Waals surface area (Å²) in [5.41, 5.74) is 0. The quantitative estimate of drug-likeness (QED) is 0.0391. The van der Waals surface area contributed by atoms with Gasteiger partial charge in [-0.1, -0.05) is 234 Å². The largest absolute Gasteiger partial charge is 0.481 e. The van der Waals surface area contributed by atoms with E-state index in [1.54, 1.807) is 0 Å². The first kappa shape index (κ1) is 67.2. The Balaban J connectivity index is -0.000000161. The Morgan fingerprint density at radius 1 is 0.268 bits per heavy atom. The summed E-state index contributed by atoms with van der Waals surface area (Å²) in [6, 6.07) is 0. The van der Waals surface area contributed by atoms with Gasteiger partial charge in [0.2, 0.25) is 0 Å². The maximum atomic E-state index is 10.3. The van der Waals surface area contributed by atoms with E-state index in [4.69, 9.17) is 25.5 Å². The topological polar surface area (TPSA) is 135 Å². The number of carboxylic acid groups (broad SMARTS) is 2. The minimum absolute atomic E-state index is 0. The minimum Gasteiger partial charge on any atom is -0.481 e. The first-order valence-corrected chi connectivity index (χ1v) is 24.0. The molecule has 0 heterocycles. The molecule has 1 radical (unpaired) electrons. The van der Waals surface area contributed by atoms with Crippen LogP contribution in [0.25, 0.3) is 0 Å². The van der Waals surface area contributed by atoms with E-state index in [0.717, 1.165) is 64.2 Å². The molecule has 7 nitrogen and oxygen atoms in total. The van der Waals surface area contributed by atoms with Gasteiger partial charge in [-0.2, -0.15) is 0 Å². The fourth-order valence-corrected chi connectivity index (χ4v) is 5.77. The van der Waals surface area contributed by atoms with Gasteiger partial charge in [-0.25, -0.2) is 0 Å². The molecule has 5 N–H and O–H groups in total. The van der Waals surface area contributed by atoms with Crippen LogP contribution in [0, 0.1) is 0 Å². The third kappa shape index (κ3) is 94.5. The minimum atomic E-state index is -0.653. The van der Waals surface area contributed by atoms with Crippen LogP contribution in [0.5, 0.6) is 0 Å². The third-order valence-corrected chi connectivity index (χ3v) is 9.52. The Labute approximate surface area is 362 Å². The van der Waals surface area contributed by atoms with Crippen molar-refractivity contribution in [2.45, 2.75) is 279 Å². The van der Waals surface area contributed by atoms with Crippen molar-refractivity contribution < 1.29 is 53.7 Å². The Hall–Kier alpha value is -0.596. The molecule has 0 bridgehead atoms. The summed E-state index contributed by atoms with van der Waals surface area (Å²) < 4.78 is 0. The summed E-state index contributed by atoms with van der Waals surface area (Å²) in [5, 5.41) is 41.2. The molecule has 56 heavy (non-hydrogen) atoms. The molecule has 0 saturated heterocycles. The molecule has 8 heteroatoms. The van der Waals surface area contributed by atoms with Gasteiger partial charge < -0.3 is 25.5 Å². The summed E-state index contributed by atoms with van der Waals surface area (Å²) in [4.78, 5) is 20.7. The second kappa shape index (κ2) is 72.1. The van der Waals surface area contributed by atoms with Crippen molar-refractivity contribution in [2.75, 3.05) is 19.8 Å². The molecule has 341 valence electrons. The molecule has 0 unspecified atom stereocenters. The molecule has 0 aliphatic carbocycles. The van der Waals surface area contributed by atoms with Gasteiger partial charge in [0.05, 0.1) is 0 Å². The number of unbranched alkanes of at least 4 members (excludes halogenated alkanes) is 31. The van der Waals surface area contributed by atoms with E-state index in [1.807, 2.05) is 0 Å². The Kier molecular flexibility index (Phi) is 86.4. The second-order valence-corrected chi connectivity index (χ2v) is 15.4. The molecule has 0 aromatic carbocycles. The summed E-state index contributed by atoms with van der Waals surface area (Å²) >= 11 is 0. The molecular formula is C48H102O7V. The summed E-state index contributed by atoms with van der Waals surface area (Å²) in [7, 11) is 0. The predicted molar refractivity (Wildman–Crippen MR) is 240 cm³/mol. The SMILES string of the molecule is CCCCCCCCCCCCCCCCCC(=O)O.CCCCCCCCCCCCCCCCCC(=O)O.CCCCO.CCCCO.CCCCO.[V]. The number of hydrogen-bond donors (Lipinski definition) is 5. The number of rotatable bonds is 38. The molecule has 0 aromatic rings. The molecule has 0 aliphatic rings. The van der Waals surface area contributed by atoms with E-state index >= 15 is 0 Å². The van der Waals surface area contributed by atoms with Crippen molar-refractivity contribution in [2.24, 2.45) is 0 Å². The fraction of sp³-hybridized carbons (Fsp3) is 0.958. The van der Waals surface area contributed by atoms with Crippen molar-refractivity contribution in [3.63, 3.8) is 0 Å². The Morgan fingerprint density at radius 3 is 0.518 bits per heavy atom. The molecular weight excluding hydrogens is 739 g/mol. The van der Waals surface area contributed by atoms with Crippen LogP contribution in [0.15, 0.2) is 0 Å². The van der Waals surface area contributed by atoms with Crippen molar-refractivity contribution in [1.82, 2.24) is 0 Å². The fourth-order valence-electron chi connectivity index (χ4n) is 5.77. The van der Waals surface area contributed by atoms with Gasteiger partial charge in [-0.15, -0.1) is 0 Å². The third-order valence-electron chi connectivity index (χ3n) is 9.52. The van der Waals surface area contributed by atoms with Gasteiger partial charge in [0.25, 0.3) is 0 Å². The predicted octanol–water partition coefficient (Wildman–Crippen LogP) is 15.0. The normalized spacial score (nSPS) is 10.0. The number of aliphatic hydroxyl groups excluding tert-OH is 3. The number of carbonyl (C=O) groups is 2. The average Bonchev–Trinajstić information content (AvgIpc) is 3.16. The van der Waals surface area contributed by atoms with Crippen molar-refractivity contribution in [3.05, 3.63) is 0 Å². The maximum absolute atomic E-state index is 10.3. The zero-order chi connectivity index (χ0) is 42.1. The van der Waals surface area contributed by atoms with Crippen LogP contribution in [0.4, 0.5) is 0 Å². The van der Waals surface area contributed by atoms with Crippen LogP contribution in [0.2, 0.25) is 0 Å². The summed E-state index contributed by atoms with van der Waals surface area (Å²) in [5.74, 6) is -1.31. The molecule has 0 amide bonds. The van der Waals surface area contributed by atoms with Gasteiger partial charge in [-0.3, -0.25) is 9.59 Å². The van der Waals surface area contributed by atoms with E-state index in [1.165, 1.54) is 167 Å². The average molecular weight is 842 g/mol. The van der Waals surface area contributed by atoms with Crippen LogP contribution in [-0.2, 0) is 28.1 Å². The van der Waals surface area contributed by atoms with Gasteiger partial charge in [0.1, 0.15) is 0 Å². The van der Waals surface area contributed by atoms with Crippen molar-refractivity contribution in [3.8, 4) is 0 Å². The molecule has 0 aromatic heterocycles. The van der Waals surface area contributed by atoms with Gasteiger partial charge in [-0.05, 0) is 32.1 Å². The Bertz CT molecular complexity index is 572. The van der Waals surface area contributed by atoms with E-state index in [9.17, 15) is 9.59 Å².